The predicted octanol–water partition coefficient (Wildman–Crippen LogP) is 3.78. The number of hydrazone groups is 2. The lowest BCUT2D eigenvalue weighted by molar-refractivity contribution is -0.0971. The maximum absolute atomic E-state index is 13.3. The van der Waals surface area contributed by atoms with E-state index >= 15 is 0 Å². The molecule has 0 saturated heterocycles. The van der Waals surface area contributed by atoms with Crippen molar-refractivity contribution in [1.82, 2.24) is 20.1 Å². The van der Waals surface area contributed by atoms with E-state index in [0.29, 0.717) is 27.5 Å². The number of hydroxylamine groups is 2. The van der Waals surface area contributed by atoms with Gasteiger partial charge in [-0.1, -0.05) is 35.9 Å². The summed E-state index contributed by atoms with van der Waals surface area (Å²) in [6.45, 7) is 2.10. The molecule has 1 aromatic heterocycles. The second-order valence-electron chi connectivity index (χ2n) is 8.98. The van der Waals surface area contributed by atoms with Gasteiger partial charge in [0.2, 0.25) is 0 Å². The predicted molar refractivity (Wildman–Crippen MR) is 138 cm³/mol. The molecule has 3 aliphatic rings. The van der Waals surface area contributed by atoms with E-state index in [1.54, 1.807) is 59.7 Å². The van der Waals surface area contributed by atoms with Crippen LogP contribution in [-0.4, -0.2) is 62.5 Å². The average molecular weight is 529 g/mol. The first-order chi connectivity index (χ1) is 18.4. The number of nitrogens with zero attached hydrogens (tertiary/aromatic N) is 6. The number of hydrogen-bond donors (Lipinski definition) is 0. The normalized spacial score (nSPS) is 20.0. The van der Waals surface area contributed by atoms with Crippen molar-refractivity contribution in [3.05, 3.63) is 100 Å². The quantitative estimate of drug-likeness (QED) is 0.451. The maximum atomic E-state index is 13.3. The topological polar surface area (TPSA) is 108 Å². The molecule has 6 rings (SSSR count). The van der Waals surface area contributed by atoms with Gasteiger partial charge in [0.05, 0.1) is 41.8 Å². The van der Waals surface area contributed by atoms with Crippen LogP contribution in [0.15, 0.2) is 83.3 Å². The van der Waals surface area contributed by atoms with E-state index in [1.165, 1.54) is 11.2 Å². The number of hydrogen-bond acceptors (Lipinski definition) is 8. The summed E-state index contributed by atoms with van der Waals surface area (Å²) in [7, 11) is 0. The SMILES string of the molecule is CC1=NN(C(=O)c2cccnc2)C2=NN(CCON3C(=O)c4ccccc4C3=O)C(c3ccc(Cl)cc3)C12. The van der Waals surface area contributed by atoms with Crippen molar-refractivity contribution < 1.29 is 19.2 Å². The van der Waals surface area contributed by atoms with E-state index in [1.807, 2.05) is 19.1 Å². The highest BCUT2D eigenvalue weighted by Gasteiger charge is 2.48. The third-order valence-corrected chi connectivity index (χ3v) is 6.93. The Hall–Kier alpha value is -4.41. The first kappa shape index (κ1) is 24.0. The molecule has 2 aromatic carbocycles. The summed E-state index contributed by atoms with van der Waals surface area (Å²) in [5.41, 5.74) is 2.66. The van der Waals surface area contributed by atoms with E-state index in [2.05, 4.69) is 10.1 Å². The van der Waals surface area contributed by atoms with Gasteiger partial charge in [-0.2, -0.15) is 15.2 Å². The number of carbonyl (C=O) groups is 3. The third-order valence-electron chi connectivity index (χ3n) is 6.68. The molecular weight excluding hydrogens is 508 g/mol. The molecule has 3 amide bonds. The summed E-state index contributed by atoms with van der Waals surface area (Å²) < 4.78 is 0. The fourth-order valence-corrected chi connectivity index (χ4v) is 5.04. The Morgan fingerprint density at radius 3 is 2.34 bits per heavy atom. The molecule has 10 nitrogen and oxygen atoms in total. The van der Waals surface area contributed by atoms with Gasteiger partial charge in [-0.3, -0.25) is 29.2 Å². The third kappa shape index (κ3) is 3.94. The van der Waals surface area contributed by atoms with Gasteiger partial charge in [-0.25, -0.2) is 0 Å². The molecule has 4 heterocycles. The minimum absolute atomic E-state index is 0.00575. The standard InChI is InChI=1S/C27H21ClN6O4/c1-16-22-23(17-8-10-19(28)11-9-17)32(31-24(22)33(30-16)25(35)18-5-4-12-29-15-18)13-14-38-34-26(36)20-6-2-3-7-21(20)27(34)37/h2-12,15,22-23H,13-14H2,1H3. The molecule has 3 aromatic rings. The summed E-state index contributed by atoms with van der Waals surface area (Å²) in [6, 6.07) is 17.1. The fraction of sp³-hybridized carbons (Fsp3) is 0.185. The van der Waals surface area contributed by atoms with Crippen LogP contribution in [0, 0.1) is 5.92 Å². The second-order valence-corrected chi connectivity index (χ2v) is 9.42. The molecule has 0 aliphatic carbocycles. The van der Waals surface area contributed by atoms with Gasteiger partial charge >= 0.3 is 0 Å². The number of imide groups is 1. The largest absolute Gasteiger partial charge is 0.285 e. The van der Waals surface area contributed by atoms with Crippen LogP contribution < -0.4 is 0 Å². The Morgan fingerprint density at radius 2 is 1.68 bits per heavy atom. The van der Waals surface area contributed by atoms with E-state index in [-0.39, 0.29) is 31.0 Å². The molecule has 2 unspecified atom stereocenters. The molecule has 0 N–H and O–H groups in total. The molecule has 2 atom stereocenters. The van der Waals surface area contributed by atoms with E-state index in [9.17, 15) is 14.4 Å². The Balaban J connectivity index is 1.25. The maximum Gasteiger partial charge on any atom is 0.285 e. The summed E-state index contributed by atoms with van der Waals surface area (Å²) in [6.07, 6.45) is 3.08. The smallest absolute Gasteiger partial charge is 0.284 e. The average Bonchev–Trinajstić information content (AvgIpc) is 3.55. The summed E-state index contributed by atoms with van der Waals surface area (Å²) in [5.74, 6) is -1.15. The van der Waals surface area contributed by atoms with E-state index in [4.69, 9.17) is 21.5 Å². The van der Waals surface area contributed by atoms with Crippen molar-refractivity contribution in [2.45, 2.75) is 13.0 Å². The minimum Gasteiger partial charge on any atom is -0.284 e. The molecule has 190 valence electrons. The van der Waals surface area contributed by atoms with Crippen molar-refractivity contribution in [3.8, 4) is 0 Å². The minimum atomic E-state index is -0.499. The Morgan fingerprint density at radius 1 is 0.974 bits per heavy atom. The summed E-state index contributed by atoms with van der Waals surface area (Å²) in [4.78, 5) is 48.3. The number of fused-ring (bicyclic) bond motifs is 2. The van der Waals surface area contributed by atoms with Gasteiger partial charge in [0.1, 0.15) is 0 Å². The number of rotatable bonds is 6. The van der Waals surface area contributed by atoms with Gasteiger partial charge in [0.25, 0.3) is 17.7 Å². The van der Waals surface area contributed by atoms with E-state index < -0.39 is 11.8 Å². The van der Waals surface area contributed by atoms with Gasteiger partial charge in [-0.05, 0) is 48.9 Å². The van der Waals surface area contributed by atoms with Crippen LogP contribution in [-0.2, 0) is 4.84 Å². The molecule has 3 aliphatic heterocycles. The van der Waals surface area contributed by atoms with Gasteiger partial charge in [0, 0.05) is 23.1 Å². The van der Waals surface area contributed by atoms with Crippen molar-refractivity contribution >= 4 is 40.9 Å². The summed E-state index contributed by atoms with van der Waals surface area (Å²) >= 11 is 6.14. The van der Waals surface area contributed by atoms with Crippen molar-refractivity contribution in [2.75, 3.05) is 13.2 Å². The first-order valence-corrected chi connectivity index (χ1v) is 12.3. The zero-order valence-electron chi connectivity index (χ0n) is 20.2. The fourth-order valence-electron chi connectivity index (χ4n) is 4.91. The van der Waals surface area contributed by atoms with Crippen LogP contribution in [0.3, 0.4) is 0 Å². The number of aromatic nitrogens is 1. The lowest BCUT2D eigenvalue weighted by atomic mass is 9.90. The molecule has 38 heavy (non-hydrogen) atoms. The highest BCUT2D eigenvalue weighted by molar-refractivity contribution is 6.30. The van der Waals surface area contributed by atoms with E-state index in [0.717, 1.165) is 16.3 Å². The lowest BCUT2D eigenvalue weighted by Crippen LogP contribution is -2.35. The van der Waals surface area contributed by atoms with Crippen LogP contribution in [0.25, 0.3) is 0 Å². The molecule has 0 saturated carbocycles. The highest BCUT2D eigenvalue weighted by atomic mass is 35.5. The van der Waals surface area contributed by atoms with Crippen molar-refractivity contribution in [1.29, 1.82) is 0 Å². The van der Waals surface area contributed by atoms with Crippen LogP contribution in [0.2, 0.25) is 5.02 Å². The Labute approximate surface area is 222 Å². The molecule has 0 spiro atoms. The van der Waals surface area contributed by atoms with Gasteiger partial charge in [0.15, 0.2) is 5.84 Å². The molecule has 0 fully saturated rings. The monoisotopic (exact) mass is 528 g/mol. The number of carbonyl (C=O) groups excluding carboxylic acids is 3. The molecule has 0 bridgehead atoms. The summed E-state index contributed by atoms with van der Waals surface area (Å²) in [5, 5.41) is 13.8. The van der Waals surface area contributed by atoms with Crippen LogP contribution in [0.4, 0.5) is 0 Å². The van der Waals surface area contributed by atoms with Crippen LogP contribution >= 0.6 is 11.6 Å². The lowest BCUT2D eigenvalue weighted by Gasteiger charge is -2.27. The number of halogens is 1. The highest BCUT2D eigenvalue weighted by Crippen LogP contribution is 2.41. The van der Waals surface area contributed by atoms with Crippen LogP contribution in [0.1, 0.15) is 49.6 Å². The van der Waals surface area contributed by atoms with Crippen molar-refractivity contribution in [2.24, 2.45) is 16.1 Å². The zero-order valence-corrected chi connectivity index (χ0v) is 20.9. The number of pyridine rings is 1. The Bertz CT molecular complexity index is 1470. The number of benzene rings is 2. The molecular formula is C27H21ClN6O4. The molecule has 0 radical (unpaired) electrons. The van der Waals surface area contributed by atoms with Crippen LogP contribution in [0.5, 0.6) is 0 Å². The van der Waals surface area contributed by atoms with Gasteiger partial charge in [-0.15, -0.1) is 5.06 Å². The molecule has 11 heteroatoms. The first-order valence-electron chi connectivity index (χ1n) is 11.9. The second kappa shape index (κ2) is 9.47. The number of amides is 3. The van der Waals surface area contributed by atoms with Crippen molar-refractivity contribution in [3.63, 3.8) is 0 Å². The Kier molecular flexibility index (Phi) is 5.97. The zero-order chi connectivity index (χ0) is 26.4. The number of amidine groups is 1. The van der Waals surface area contributed by atoms with Gasteiger partial charge < -0.3 is 0 Å².